The van der Waals surface area contributed by atoms with E-state index in [-0.39, 0.29) is 16.3 Å². The molecule has 2 aromatic rings. The fraction of sp³-hybridized carbons (Fsp3) is 0.235. The van der Waals surface area contributed by atoms with Crippen molar-refractivity contribution in [2.24, 2.45) is 4.99 Å². The SMILES string of the molecule is O=S(=O)(Cc1ccccc1)Nc1cccc(S(=O)(=O)NC2=NCCC2)c1. The molecule has 0 saturated heterocycles. The molecule has 0 fully saturated rings. The number of amidine groups is 1. The number of hydrogen-bond donors (Lipinski definition) is 2. The molecule has 0 aromatic heterocycles. The lowest BCUT2D eigenvalue weighted by Gasteiger charge is -2.11. The third kappa shape index (κ3) is 4.83. The minimum Gasteiger partial charge on any atom is -0.283 e. The molecule has 0 amide bonds. The van der Waals surface area contributed by atoms with E-state index in [1.807, 2.05) is 0 Å². The summed E-state index contributed by atoms with van der Waals surface area (Å²) in [5.41, 5.74) is 0.835. The van der Waals surface area contributed by atoms with E-state index in [9.17, 15) is 16.8 Å². The molecule has 0 spiro atoms. The van der Waals surface area contributed by atoms with Crippen molar-refractivity contribution in [2.75, 3.05) is 11.3 Å². The molecule has 2 N–H and O–H groups in total. The standard InChI is InChI=1S/C17H19N3O4S2/c21-25(22,13-14-6-2-1-3-7-14)19-15-8-4-9-16(12-15)26(23,24)20-17-10-5-11-18-17/h1-4,6-9,12,19H,5,10-11,13H2,(H,18,20). The Morgan fingerprint density at radius 3 is 2.38 bits per heavy atom. The van der Waals surface area contributed by atoms with Crippen LogP contribution in [0.5, 0.6) is 0 Å². The fourth-order valence-electron chi connectivity index (χ4n) is 2.57. The van der Waals surface area contributed by atoms with Gasteiger partial charge in [-0.25, -0.2) is 16.8 Å². The van der Waals surface area contributed by atoms with Gasteiger partial charge in [-0.3, -0.25) is 14.4 Å². The second-order valence-electron chi connectivity index (χ2n) is 5.91. The molecule has 0 atom stereocenters. The molecule has 0 saturated carbocycles. The normalized spacial score (nSPS) is 14.7. The zero-order valence-electron chi connectivity index (χ0n) is 13.9. The fourth-order valence-corrected chi connectivity index (χ4v) is 4.90. The van der Waals surface area contributed by atoms with Gasteiger partial charge in [-0.2, -0.15) is 0 Å². The van der Waals surface area contributed by atoms with Gasteiger partial charge in [0.15, 0.2) is 0 Å². The summed E-state index contributed by atoms with van der Waals surface area (Å²) < 4.78 is 54.4. The van der Waals surface area contributed by atoms with E-state index in [1.54, 1.807) is 30.3 Å². The summed E-state index contributed by atoms with van der Waals surface area (Å²) in [6.45, 7) is 0.608. The maximum absolute atomic E-state index is 12.4. The maximum atomic E-state index is 12.4. The van der Waals surface area contributed by atoms with Gasteiger partial charge in [0.25, 0.3) is 10.0 Å². The van der Waals surface area contributed by atoms with Crippen LogP contribution < -0.4 is 9.44 Å². The number of aliphatic imine (C=N–C) groups is 1. The van der Waals surface area contributed by atoms with Gasteiger partial charge in [0, 0.05) is 18.7 Å². The van der Waals surface area contributed by atoms with E-state index in [0.717, 1.165) is 6.42 Å². The first-order chi connectivity index (χ1) is 12.3. The van der Waals surface area contributed by atoms with Gasteiger partial charge in [0.2, 0.25) is 10.0 Å². The highest BCUT2D eigenvalue weighted by atomic mass is 32.2. The predicted octanol–water partition coefficient (Wildman–Crippen LogP) is 2.10. The van der Waals surface area contributed by atoms with Crippen LogP contribution in [0.2, 0.25) is 0 Å². The van der Waals surface area contributed by atoms with E-state index in [0.29, 0.717) is 24.4 Å². The van der Waals surface area contributed by atoms with Crippen LogP contribution in [0.4, 0.5) is 5.69 Å². The lowest BCUT2D eigenvalue weighted by molar-refractivity contribution is 0.591. The largest absolute Gasteiger partial charge is 0.283 e. The molecule has 138 valence electrons. The summed E-state index contributed by atoms with van der Waals surface area (Å²) in [5, 5.41) is 0. The van der Waals surface area contributed by atoms with E-state index in [2.05, 4.69) is 14.4 Å². The molecule has 1 aliphatic heterocycles. The Bertz CT molecular complexity index is 1020. The average molecular weight is 393 g/mol. The third-order valence-electron chi connectivity index (χ3n) is 3.74. The summed E-state index contributed by atoms with van der Waals surface area (Å²) >= 11 is 0. The molecule has 26 heavy (non-hydrogen) atoms. The van der Waals surface area contributed by atoms with Crippen LogP contribution in [-0.4, -0.2) is 29.2 Å². The van der Waals surface area contributed by atoms with Crippen LogP contribution in [0.15, 0.2) is 64.5 Å². The molecule has 0 radical (unpaired) electrons. The summed E-state index contributed by atoms with van der Waals surface area (Å²) in [6.07, 6.45) is 1.40. The Morgan fingerprint density at radius 1 is 0.923 bits per heavy atom. The highest BCUT2D eigenvalue weighted by molar-refractivity contribution is 7.92. The van der Waals surface area contributed by atoms with Crippen molar-refractivity contribution in [3.8, 4) is 0 Å². The van der Waals surface area contributed by atoms with Crippen LogP contribution >= 0.6 is 0 Å². The summed E-state index contributed by atoms with van der Waals surface area (Å²) in [7, 11) is -7.46. The topological polar surface area (TPSA) is 105 Å². The number of rotatable bonds is 6. The van der Waals surface area contributed by atoms with Crippen molar-refractivity contribution in [3.05, 3.63) is 60.2 Å². The quantitative estimate of drug-likeness (QED) is 0.784. The van der Waals surface area contributed by atoms with Gasteiger partial charge in [0.1, 0.15) is 5.84 Å². The van der Waals surface area contributed by atoms with Gasteiger partial charge >= 0.3 is 0 Å². The molecule has 2 aromatic carbocycles. The van der Waals surface area contributed by atoms with E-state index in [4.69, 9.17) is 0 Å². The molecule has 0 bridgehead atoms. The van der Waals surface area contributed by atoms with Gasteiger partial charge in [-0.05, 0) is 30.2 Å². The van der Waals surface area contributed by atoms with Gasteiger partial charge in [-0.1, -0.05) is 36.4 Å². The second kappa shape index (κ2) is 7.46. The Hall–Kier alpha value is -2.39. The molecule has 0 aliphatic carbocycles. The summed E-state index contributed by atoms with van der Waals surface area (Å²) in [6, 6.07) is 14.5. The number of nitrogens with zero attached hydrogens (tertiary/aromatic N) is 1. The predicted molar refractivity (Wildman–Crippen MR) is 101 cm³/mol. The minimum absolute atomic E-state index is 0.0213. The van der Waals surface area contributed by atoms with Crippen molar-refractivity contribution in [3.63, 3.8) is 0 Å². The van der Waals surface area contributed by atoms with Gasteiger partial charge in [-0.15, -0.1) is 0 Å². The van der Waals surface area contributed by atoms with Crippen molar-refractivity contribution in [2.45, 2.75) is 23.5 Å². The van der Waals surface area contributed by atoms with Gasteiger partial charge in [0.05, 0.1) is 10.6 Å². The molecule has 9 heteroatoms. The monoisotopic (exact) mass is 393 g/mol. The number of hydrogen-bond acceptors (Lipinski definition) is 5. The van der Waals surface area contributed by atoms with Crippen LogP contribution in [-0.2, 0) is 25.8 Å². The smallest absolute Gasteiger partial charge is 0.262 e. The van der Waals surface area contributed by atoms with E-state index < -0.39 is 20.0 Å². The number of anilines is 1. The first-order valence-electron chi connectivity index (χ1n) is 8.05. The van der Waals surface area contributed by atoms with Crippen LogP contribution in [0, 0.1) is 0 Å². The Morgan fingerprint density at radius 2 is 1.69 bits per heavy atom. The van der Waals surface area contributed by atoms with Crippen molar-refractivity contribution >= 4 is 31.6 Å². The van der Waals surface area contributed by atoms with Crippen molar-refractivity contribution in [1.29, 1.82) is 0 Å². The molecular formula is C17H19N3O4S2. The first-order valence-corrected chi connectivity index (χ1v) is 11.2. The van der Waals surface area contributed by atoms with E-state index >= 15 is 0 Å². The minimum atomic E-state index is -3.80. The average Bonchev–Trinajstić information content (AvgIpc) is 3.07. The molecule has 3 rings (SSSR count). The Labute approximate surface area is 153 Å². The van der Waals surface area contributed by atoms with Crippen molar-refractivity contribution < 1.29 is 16.8 Å². The number of nitrogens with one attached hydrogen (secondary N) is 2. The lowest BCUT2D eigenvalue weighted by Crippen LogP contribution is -2.29. The Kier molecular flexibility index (Phi) is 5.28. The number of sulfonamides is 2. The first kappa shape index (κ1) is 18.4. The Balaban J connectivity index is 1.76. The highest BCUT2D eigenvalue weighted by Gasteiger charge is 2.19. The van der Waals surface area contributed by atoms with Crippen LogP contribution in [0.25, 0.3) is 0 Å². The highest BCUT2D eigenvalue weighted by Crippen LogP contribution is 2.18. The van der Waals surface area contributed by atoms with E-state index in [1.165, 1.54) is 24.3 Å². The molecule has 1 heterocycles. The maximum Gasteiger partial charge on any atom is 0.262 e. The third-order valence-corrected chi connectivity index (χ3v) is 6.38. The number of benzene rings is 2. The van der Waals surface area contributed by atoms with Crippen molar-refractivity contribution in [1.82, 2.24) is 4.72 Å². The molecule has 0 unspecified atom stereocenters. The summed E-state index contributed by atoms with van der Waals surface area (Å²) in [4.78, 5) is 4.07. The molecule has 1 aliphatic rings. The second-order valence-corrected chi connectivity index (χ2v) is 9.32. The molecular weight excluding hydrogens is 374 g/mol. The summed E-state index contributed by atoms with van der Waals surface area (Å²) in [5.74, 6) is 0.236. The van der Waals surface area contributed by atoms with Crippen LogP contribution in [0.1, 0.15) is 18.4 Å². The molecule has 7 nitrogen and oxygen atoms in total. The lowest BCUT2D eigenvalue weighted by atomic mass is 10.2. The van der Waals surface area contributed by atoms with Crippen LogP contribution in [0.3, 0.4) is 0 Å². The zero-order chi connectivity index (χ0) is 18.6. The zero-order valence-corrected chi connectivity index (χ0v) is 15.6. The van der Waals surface area contributed by atoms with Gasteiger partial charge < -0.3 is 0 Å².